The number of nitrogens with one attached hydrogen (secondary N) is 1. The van der Waals surface area contributed by atoms with Gasteiger partial charge in [0.25, 0.3) is 11.8 Å². The van der Waals surface area contributed by atoms with Crippen LogP contribution < -0.4 is 15.0 Å². The van der Waals surface area contributed by atoms with Gasteiger partial charge in [-0.15, -0.1) is 0 Å². The van der Waals surface area contributed by atoms with Crippen molar-refractivity contribution in [3.8, 4) is 11.5 Å². The lowest BCUT2D eigenvalue weighted by Gasteiger charge is -2.26. The molecule has 1 saturated heterocycles. The Balaban J connectivity index is 1.94. The average molecular weight is 408 g/mol. The van der Waals surface area contributed by atoms with Crippen LogP contribution in [-0.4, -0.2) is 29.6 Å². The molecule has 0 unspecified atom stereocenters. The summed E-state index contributed by atoms with van der Waals surface area (Å²) in [5.74, 6) is -0.939. The van der Waals surface area contributed by atoms with Crippen LogP contribution in [0.4, 0.5) is 10.5 Å². The highest BCUT2D eigenvalue weighted by Crippen LogP contribution is 2.29. The van der Waals surface area contributed by atoms with E-state index in [2.05, 4.69) is 19.2 Å². The second-order valence-corrected chi connectivity index (χ2v) is 7.02. The van der Waals surface area contributed by atoms with Gasteiger partial charge in [0.15, 0.2) is 11.5 Å². The van der Waals surface area contributed by atoms with Crippen molar-refractivity contribution in [2.75, 3.05) is 11.5 Å². The van der Waals surface area contributed by atoms with E-state index in [0.717, 1.165) is 16.9 Å². The molecule has 0 aromatic heterocycles. The molecule has 0 radical (unpaired) electrons. The van der Waals surface area contributed by atoms with Crippen molar-refractivity contribution in [1.29, 1.82) is 0 Å². The van der Waals surface area contributed by atoms with Crippen molar-refractivity contribution in [2.24, 2.45) is 0 Å². The van der Waals surface area contributed by atoms with Crippen molar-refractivity contribution in [1.82, 2.24) is 5.32 Å². The summed E-state index contributed by atoms with van der Waals surface area (Å²) in [6, 6.07) is 10.8. The van der Waals surface area contributed by atoms with Crippen molar-refractivity contribution >= 4 is 29.6 Å². The van der Waals surface area contributed by atoms with Crippen LogP contribution in [0.2, 0.25) is 0 Å². The van der Waals surface area contributed by atoms with Gasteiger partial charge < -0.3 is 9.84 Å². The van der Waals surface area contributed by atoms with Crippen LogP contribution in [-0.2, 0) is 9.59 Å². The van der Waals surface area contributed by atoms with Gasteiger partial charge in [-0.2, -0.15) is 0 Å². The molecule has 1 aliphatic rings. The van der Waals surface area contributed by atoms with Crippen molar-refractivity contribution in [3.63, 3.8) is 0 Å². The largest absolute Gasteiger partial charge is 0.504 e. The minimum absolute atomic E-state index is 0.0448. The zero-order valence-corrected chi connectivity index (χ0v) is 17.1. The number of nitrogens with zero attached hydrogens (tertiary/aromatic N) is 1. The van der Waals surface area contributed by atoms with Gasteiger partial charge in [0.1, 0.15) is 5.57 Å². The highest BCUT2D eigenvalue weighted by molar-refractivity contribution is 6.39. The molecule has 3 rings (SSSR count). The van der Waals surface area contributed by atoms with Crippen LogP contribution in [0.3, 0.4) is 0 Å². The molecule has 2 N–H and O–H groups in total. The summed E-state index contributed by atoms with van der Waals surface area (Å²) in [7, 11) is 0. The molecular weight excluding hydrogens is 384 g/mol. The first-order valence-corrected chi connectivity index (χ1v) is 9.82. The number of ether oxygens (including phenoxy) is 1. The van der Waals surface area contributed by atoms with Crippen molar-refractivity contribution in [2.45, 2.75) is 33.1 Å². The maximum absolute atomic E-state index is 13.0. The maximum Gasteiger partial charge on any atom is 0.335 e. The average Bonchev–Trinajstić information content (AvgIpc) is 2.73. The van der Waals surface area contributed by atoms with E-state index in [1.807, 2.05) is 12.1 Å². The number of carbonyl (C=O) groups is 3. The SMILES string of the molecule is CCOc1cc(/C=C2/C(=O)NC(=O)N(c3ccc([C@@H](C)CC)cc3)C2=O)ccc1O. The minimum Gasteiger partial charge on any atom is -0.504 e. The van der Waals surface area contributed by atoms with E-state index in [1.165, 1.54) is 18.2 Å². The van der Waals surface area contributed by atoms with E-state index in [1.54, 1.807) is 25.1 Å². The molecule has 2 aromatic rings. The predicted molar refractivity (Wildman–Crippen MR) is 113 cm³/mol. The number of hydrogen-bond donors (Lipinski definition) is 2. The molecule has 30 heavy (non-hydrogen) atoms. The van der Waals surface area contributed by atoms with Gasteiger partial charge in [-0.1, -0.05) is 32.0 Å². The molecule has 0 aliphatic carbocycles. The Kier molecular flexibility index (Phi) is 6.20. The molecule has 0 bridgehead atoms. The highest BCUT2D eigenvalue weighted by Gasteiger charge is 2.36. The number of carbonyl (C=O) groups excluding carboxylic acids is 3. The third kappa shape index (κ3) is 4.20. The fourth-order valence-electron chi connectivity index (χ4n) is 3.14. The molecule has 1 fully saturated rings. The van der Waals surface area contributed by atoms with Crippen LogP contribution in [0.25, 0.3) is 6.08 Å². The number of anilines is 1. The maximum atomic E-state index is 13.0. The Morgan fingerprint density at radius 1 is 1.10 bits per heavy atom. The van der Waals surface area contributed by atoms with E-state index in [9.17, 15) is 19.5 Å². The molecule has 1 aliphatic heterocycles. The van der Waals surface area contributed by atoms with E-state index in [0.29, 0.717) is 23.8 Å². The van der Waals surface area contributed by atoms with Gasteiger partial charge in [0.2, 0.25) is 0 Å². The van der Waals surface area contributed by atoms with Gasteiger partial charge in [0.05, 0.1) is 12.3 Å². The molecule has 7 heteroatoms. The van der Waals surface area contributed by atoms with E-state index >= 15 is 0 Å². The van der Waals surface area contributed by atoms with Gasteiger partial charge in [-0.05, 0) is 60.7 Å². The number of phenols is 1. The fourth-order valence-corrected chi connectivity index (χ4v) is 3.14. The van der Waals surface area contributed by atoms with Gasteiger partial charge in [0, 0.05) is 0 Å². The number of urea groups is 1. The number of rotatable bonds is 6. The summed E-state index contributed by atoms with van der Waals surface area (Å²) in [6.45, 7) is 6.31. The molecule has 2 aromatic carbocycles. The lowest BCUT2D eigenvalue weighted by atomic mass is 9.98. The quantitative estimate of drug-likeness (QED) is 0.557. The third-order valence-corrected chi connectivity index (χ3v) is 5.03. The third-order valence-electron chi connectivity index (χ3n) is 5.03. The van der Waals surface area contributed by atoms with Crippen LogP contribution in [0.15, 0.2) is 48.0 Å². The molecule has 1 heterocycles. The Morgan fingerprint density at radius 2 is 1.80 bits per heavy atom. The number of barbiturate groups is 1. The number of imide groups is 2. The summed E-state index contributed by atoms with van der Waals surface area (Å²) in [5, 5.41) is 12.0. The van der Waals surface area contributed by atoms with E-state index in [-0.39, 0.29) is 17.1 Å². The fraction of sp³-hybridized carbons (Fsp3) is 0.261. The Bertz CT molecular complexity index is 1010. The van der Waals surface area contributed by atoms with E-state index < -0.39 is 17.8 Å². The van der Waals surface area contributed by atoms with Gasteiger partial charge in [-0.3, -0.25) is 14.9 Å². The summed E-state index contributed by atoms with van der Waals surface area (Å²) >= 11 is 0. The number of aromatic hydroxyl groups is 1. The minimum atomic E-state index is -0.792. The van der Waals surface area contributed by atoms with Crippen molar-refractivity contribution < 1.29 is 24.2 Å². The number of amides is 4. The van der Waals surface area contributed by atoms with Gasteiger partial charge in [-0.25, -0.2) is 9.69 Å². The lowest BCUT2D eigenvalue weighted by Crippen LogP contribution is -2.54. The molecule has 4 amide bonds. The molecule has 7 nitrogen and oxygen atoms in total. The number of benzene rings is 2. The monoisotopic (exact) mass is 408 g/mol. The zero-order valence-electron chi connectivity index (χ0n) is 17.1. The summed E-state index contributed by atoms with van der Waals surface area (Å²) in [5.41, 5.74) is 1.78. The molecule has 0 spiro atoms. The first-order chi connectivity index (χ1) is 14.3. The first kappa shape index (κ1) is 21.1. The predicted octanol–water partition coefficient (Wildman–Crippen LogP) is 3.97. The second kappa shape index (κ2) is 8.82. The summed E-state index contributed by atoms with van der Waals surface area (Å²) in [6.07, 6.45) is 2.34. The summed E-state index contributed by atoms with van der Waals surface area (Å²) < 4.78 is 5.34. The topological polar surface area (TPSA) is 95.9 Å². The summed E-state index contributed by atoms with van der Waals surface area (Å²) in [4.78, 5) is 38.6. The Hall–Kier alpha value is -3.61. The number of hydrogen-bond acceptors (Lipinski definition) is 5. The second-order valence-electron chi connectivity index (χ2n) is 7.02. The first-order valence-electron chi connectivity index (χ1n) is 9.82. The molecule has 1 atom stereocenters. The van der Waals surface area contributed by atoms with Gasteiger partial charge >= 0.3 is 6.03 Å². The van der Waals surface area contributed by atoms with E-state index in [4.69, 9.17) is 4.74 Å². The Labute approximate surface area is 175 Å². The molecule has 156 valence electrons. The number of phenolic OH excluding ortho intramolecular Hbond substituents is 1. The van der Waals surface area contributed by atoms with Crippen LogP contribution in [0.1, 0.15) is 44.2 Å². The van der Waals surface area contributed by atoms with Crippen molar-refractivity contribution in [3.05, 3.63) is 59.2 Å². The van der Waals surface area contributed by atoms with Crippen LogP contribution in [0, 0.1) is 0 Å². The van der Waals surface area contributed by atoms with Crippen LogP contribution >= 0.6 is 0 Å². The lowest BCUT2D eigenvalue weighted by molar-refractivity contribution is -0.122. The highest BCUT2D eigenvalue weighted by atomic mass is 16.5. The normalized spacial score (nSPS) is 16.6. The van der Waals surface area contributed by atoms with Crippen LogP contribution in [0.5, 0.6) is 11.5 Å². The Morgan fingerprint density at radius 3 is 2.43 bits per heavy atom. The standard InChI is InChI=1S/C23H24N2O5/c1-4-14(3)16-7-9-17(10-8-16)25-22(28)18(21(27)24-23(25)29)12-15-6-11-19(26)20(13-15)30-5-2/h6-14,26H,4-5H2,1-3H3,(H,24,27,29)/b18-12-/t14-/m0/s1. The smallest absolute Gasteiger partial charge is 0.335 e. The zero-order chi connectivity index (χ0) is 21.8. The molecular formula is C23H24N2O5. The molecule has 0 saturated carbocycles.